The fourth-order valence-electron chi connectivity index (χ4n) is 1.53. The maximum atomic E-state index is 11.8. The van der Waals surface area contributed by atoms with E-state index in [0.29, 0.717) is 16.5 Å². The van der Waals surface area contributed by atoms with Crippen LogP contribution in [0.25, 0.3) is 0 Å². The Balaban J connectivity index is 2.66. The van der Waals surface area contributed by atoms with Crippen molar-refractivity contribution in [2.45, 2.75) is 26.3 Å². The molecule has 0 aliphatic heterocycles. The van der Waals surface area contributed by atoms with Gasteiger partial charge in [0.15, 0.2) is 0 Å². The van der Waals surface area contributed by atoms with Gasteiger partial charge >= 0.3 is 5.97 Å². The number of amides is 1. The van der Waals surface area contributed by atoms with E-state index < -0.39 is 12.0 Å². The molecule has 2 unspecified atom stereocenters. The van der Waals surface area contributed by atoms with Gasteiger partial charge in [-0.1, -0.05) is 36.2 Å². The molecule has 1 amide bonds. The number of benzene rings is 1. The first-order valence-corrected chi connectivity index (χ1v) is 6.54. The molecule has 0 saturated heterocycles. The Labute approximate surface area is 121 Å². The lowest BCUT2D eigenvalue weighted by atomic mass is 10.00. The fourth-order valence-corrected chi connectivity index (χ4v) is 2.01. The van der Waals surface area contributed by atoms with Gasteiger partial charge in [0.1, 0.15) is 6.04 Å². The lowest BCUT2D eigenvalue weighted by molar-refractivity contribution is -0.141. The average Bonchev–Trinajstić information content (AvgIpc) is 2.32. The molecular weight excluding hydrogens is 289 g/mol. The highest BCUT2D eigenvalue weighted by Gasteiger charge is 2.19. The molecule has 0 aliphatic rings. The molecule has 1 aromatic rings. The summed E-state index contributed by atoms with van der Waals surface area (Å²) in [7, 11) is 0. The van der Waals surface area contributed by atoms with E-state index in [1.54, 1.807) is 25.1 Å². The summed E-state index contributed by atoms with van der Waals surface area (Å²) in [6.07, 6.45) is 0.425. The summed E-state index contributed by atoms with van der Waals surface area (Å²) in [6.45, 7) is 3.14. The van der Waals surface area contributed by atoms with Gasteiger partial charge in [-0.05, 0) is 31.0 Å². The molecule has 104 valence electrons. The summed E-state index contributed by atoms with van der Waals surface area (Å²) < 4.78 is 0. The van der Waals surface area contributed by atoms with Crippen LogP contribution in [0.15, 0.2) is 18.2 Å². The quantitative estimate of drug-likeness (QED) is 0.879. The second-order valence-corrected chi connectivity index (χ2v) is 5.25. The van der Waals surface area contributed by atoms with Crippen LogP contribution in [0.5, 0.6) is 0 Å². The maximum Gasteiger partial charge on any atom is 0.325 e. The third kappa shape index (κ3) is 4.73. The third-order valence-electron chi connectivity index (χ3n) is 2.72. The molecule has 19 heavy (non-hydrogen) atoms. The zero-order valence-electron chi connectivity index (χ0n) is 10.6. The summed E-state index contributed by atoms with van der Waals surface area (Å²) in [4.78, 5) is 22.5. The topological polar surface area (TPSA) is 66.4 Å². The smallest absolute Gasteiger partial charge is 0.325 e. The van der Waals surface area contributed by atoms with Gasteiger partial charge in [0.25, 0.3) is 0 Å². The Morgan fingerprint density at radius 2 is 1.95 bits per heavy atom. The first kappa shape index (κ1) is 15.8. The summed E-state index contributed by atoms with van der Waals surface area (Å²) in [5.41, 5.74) is 0.802. The number of carboxylic acid groups (broad SMARTS) is 1. The van der Waals surface area contributed by atoms with Gasteiger partial charge in [-0.2, -0.15) is 0 Å². The Bertz CT molecular complexity index is 491. The molecule has 0 spiro atoms. The van der Waals surface area contributed by atoms with Crippen LogP contribution in [-0.2, 0) is 16.0 Å². The third-order valence-corrected chi connectivity index (χ3v) is 3.30. The lowest BCUT2D eigenvalue weighted by Crippen LogP contribution is -2.41. The second-order valence-electron chi connectivity index (χ2n) is 4.41. The Kier molecular flexibility index (Phi) is 5.63. The summed E-state index contributed by atoms with van der Waals surface area (Å²) >= 11 is 11.8. The molecule has 0 bridgehead atoms. The van der Waals surface area contributed by atoms with Crippen molar-refractivity contribution in [1.82, 2.24) is 5.32 Å². The zero-order chi connectivity index (χ0) is 14.6. The van der Waals surface area contributed by atoms with E-state index in [1.165, 1.54) is 6.92 Å². The Hall–Kier alpha value is -1.26. The number of aliphatic carboxylic acids is 1. The van der Waals surface area contributed by atoms with Crippen LogP contribution in [0.2, 0.25) is 10.0 Å². The summed E-state index contributed by atoms with van der Waals surface area (Å²) in [6, 6.07) is 4.17. The molecule has 0 aromatic heterocycles. The normalized spacial score (nSPS) is 13.7. The average molecular weight is 304 g/mol. The molecule has 2 atom stereocenters. The van der Waals surface area contributed by atoms with E-state index in [4.69, 9.17) is 28.3 Å². The SMILES string of the molecule is CC(Cc1ccc(Cl)cc1Cl)C(=O)NC(C)C(=O)O. The summed E-state index contributed by atoms with van der Waals surface area (Å²) in [5, 5.41) is 12.2. The fraction of sp³-hybridized carbons (Fsp3) is 0.385. The van der Waals surface area contributed by atoms with Gasteiger partial charge in [-0.3, -0.25) is 9.59 Å². The van der Waals surface area contributed by atoms with Crippen molar-refractivity contribution in [3.63, 3.8) is 0 Å². The predicted octanol–water partition coefficient (Wildman–Crippen LogP) is 2.76. The van der Waals surface area contributed by atoms with Crippen molar-refractivity contribution in [2.75, 3.05) is 0 Å². The van der Waals surface area contributed by atoms with Gasteiger partial charge < -0.3 is 10.4 Å². The Morgan fingerprint density at radius 3 is 2.47 bits per heavy atom. The van der Waals surface area contributed by atoms with E-state index in [1.807, 2.05) is 0 Å². The van der Waals surface area contributed by atoms with Crippen LogP contribution in [0.1, 0.15) is 19.4 Å². The van der Waals surface area contributed by atoms with Gasteiger partial charge in [0.05, 0.1) is 0 Å². The van der Waals surface area contributed by atoms with Gasteiger partial charge in [-0.15, -0.1) is 0 Å². The van der Waals surface area contributed by atoms with Crippen LogP contribution in [0, 0.1) is 5.92 Å². The minimum atomic E-state index is -1.06. The van der Waals surface area contributed by atoms with Crippen LogP contribution in [-0.4, -0.2) is 23.0 Å². The van der Waals surface area contributed by atoms with E-state index in [9.17, 15) is 9.59 Å². The van der Waals surface area contributed by atoms with Crippen molar-refractivity contribution in [2.24, 2.45) is 5.92 Å². The largest absolute Gasteiger partial charge is 0.480 e. The standard InChI is InChI=1S/C13H15Cl2NO3/c1-7(12(17)16-8(2)13(18)19)5-9-3-4-10(14)6-11(9)15/h3-4,6-8H,5H2,1-2H3,(H,16,17)(H,18,19). The number of rotatable bonds is 5. The molecule has 4 nitrogen and oxygen atoms in total. The van der Waals surface area contributed by atoms with Crippen LogP contribution >= 0.6 is 23.2 Å². The number of carbonyl (C=O) groups excluding carboxylic acids is 1. The molecule has 1 aromatic carbocycles. The molecule has 0 radical (unpaired) electrons. The van der Waals surface area contributed by atoms with Crippen LogP contribution in [0.4, 0.5) is 0 Å². The van der Waals surface area contributed by atoms with Crippen molar-refractivity contribution in [3.8, 4) is 0 Å². The van der Waals surface area contributed by atoms with E-state index >= 15 is 0 Å². The van der Waals surface area contributed by atoms with Crippen molar-refractivity contribution in [3.05, 3.63) is 33.8 Å². The van der Waals surface area contributed by atoms with Crippen molar-refractivity contribution >= 4 is 35.1 Å². The molecule has 6 heteroatoms. The number of halogens is 2. The number of hydrogen-bond acceptors (Lipinski definition) is 2. The zero-order valence-corrected chi connectivity index (χ0v) is 12.1. The summed E-state index contributed by atoms with van der Waals surface area (Å²) in [5.74, 6) is -1.76. The first-order valence-electron chi connectivity index (χ1n) is 5.78. The molecular formula is C13H15Cl2NO3. The molecule has 2 N–H and O–H groups in total. The van der Waals surface area contributed by atoms with E-state index in [-0.39, 0.29) is 11.8 Å². The van der Waals surface area contributed by atoms with Crippen molar-refractivity contribution in [1.29, 1.82) is 0 Å². The minimum Gasteiger partial charge on any atom is -0.480 e. The number of carbonyl (C=O) groups is 2. The predicted molar refractivity (Wildman–Crippen MR) is 74.6 cm³/mol. The van der Waals surface area contributed by atoms with Gasteiger partial charge in [-0.25, -0.2) is 0 Å². The van der Waals surface area contributed by atoms with E-state index in [2.05, 4.69) is 5.32 Å². The Morgan fingerprint density at radius 1 is 1.32 bits per heavy atom. The van der Waals surface area contributed by atoms with Crippen LogP contribution < -0.4 is 5.32 Å². The lowest BCUT2D eigenvalue weighted by Gasteiger charge is -2.15. The van der Waals surface area contributed by atoms with Crippen molar-refractivity contribution < 1.29 is 14.7 Å². The molecule has 0 fully saturated rings. The van der Waals surface area contributed by atoms with Gasteiger partial charge in [0.2, 0.25) is 5.91 Å². The highest BCUT2D eigenvalue weighted by Crippen LogP contribution is 2.23. The minimum absolute atomic E-state index is 0.319. The van der Waals surface area contributed by atoms with Crippen LogP contribution in [0.3, 0.4) is 0 Å². The second kappa shape index (κ2) is 6.78. The highest BCUT2D eigenvalue weighted by atomic mass is 35.5. The van der Waals surface area contributed by atoms with Gasteiger partial charge in [0, 0.05) is 16.0 Å². The number of nitrogens with one attached hydrogen (secondary N) is 1. The maximum absolute atomic E-state index is 11.8. The van der Waals surface area contributed by atoms with E-state index in [0.717, 1.165) is 5.56 Å². The molecule has 0 saturated carbocycles. The number of carboxylic acids is 1. The number of hydrogen-bond donors (Lipinski definition) is 2. The first-order chi connectivity index (χ1) is 8.81. The monoisotopic (exact) mass is 303 g/mol. The molecule has 0 aliphatic carbocycles. The molecule has 0 heterocycles. The molecule has 1 rings (SSSR count). The highest BCUT2D eigenvalue weighted by molar-refractivity contribution is 6.35.